The minimum Gasteiger partial charge on any atom is -0.302 e. The van der Waals surface area contributed by atoms with Crippen LogP contribution in [0.4, 0.5) is 0 Å². The van der Waals surface area contributed by atoms with Gasteiger partial charge in [0.15, 0.2) is 11.1 Å². The van der Waals surface area contributed by atoms with Gasteiger partial charge in [0.25, 0.3) is 0 Å². The fourth-order valence-electron chi connectivity index (χ4n) is 0.837. The van der Waals surface area contributed by atoms with Crippen LogP contribution >= 0.6 is 0 Å². The average Bonchev–Trinajstić information content (AvgIpc) is 1.88. The second kappa shape index (κ2) is 3.12. The first-order valence-corrected chi connectivity index (χ1v) is 4.30. The van der Waals surface area contributed by atoms with Gasteiger partial charge in [-0.15, -0.1) is 0 Å². The van der Waals surface area contributed by atoms with Crippen molar-refractivity contribution in [3.05, 3.63) is 23.1 Å². The van der Waals surface area contributed by atoms with Crippen molar-refractivity contribution in [3.63, 3.8) is 0 Å². The summed E-state index contributed by atoms with van der Waals surface area (Å²) in [6.07, 6.45) is 6.34. The third kappa shape index (κ3) is 1.78. The molecule has 0 heterocycles. The molecule has 0 spiro atoms. The maximum Gasteiger partial charge on any atom is 0.186 e. The minimum absolute atomic E-state index is 0.507. The van der Waals surface area contributed by atoms with E-state index >= 15 is 0 Å². The van der Waals surface area contributed by atoms with Crippen molar-refractivity contribution < 1.29 is 8.76 Å². The first-order valence-electron chi connectivity index (χ1n) is 3.19. The van der Waals surface area contributed by atoms with E-state index in [-0.39, 0.29) is 0 Å². The van der Waals surface area contributed by atoms with Gasteiger partial charge in [0, 0.05) is 0 Å². The summed E-state index contributed by atoms with van der Waals surface area (Å²) in [4.78, 5) is 0.526. The monoisotopic (exact) mass is 158 g/mol. The molecule has 1 rings (SSSR count). The topological polar surface area (TPSA) is 37.3 Å². The first-order chi connectivity index (χ1) is 4.70. The molecule has 2 unspecified atom stereocenters. The smallest absolute Gasteiger partial charge is 0.186 e. The Hall–Kier alpha value is -0.410. The SMILES string of the molecule is CC1C=CC(S(=O)O)=CC1. The lowest BCUT2D eigenvalue weighted by Gasteiger charge is -2.07. The van der Waals surface area contributed by atoms with Gasteiger partial charge in [-0.3, -0.25) is 0 Å². The first kappa shape index (κ1) is 7.69. The predicted octanol–water partition coefficient (Wildman–Crippen LogP) is 1.69. The Bertz CT molecular complexity index is 206. The van der Waals surface area contributed by atoms with Gasteiger partial charge < -0.3 is 4.55 Å². The van der Waals surface area contributed by atoms with Crippen molar-refractivity contribution in [1.82, 2.24) is 0 Å². The van der Waals surface area contributed by atoms with E-state index in [1.807, 2.05) is 6.08 Å². The van der Waals surface area contributed by atoms with Crippen LogP contribution in [0.2, 0.25) is 0 Å². The second-order valence-corrected chi connectivity index (χ2v) is 3.40. The molecule has 1 N–H and O–H groups in total. The Balaban J connectivity index is 2.67. The summed E-state index contributed by atoms with van der Waals surface area (Å²) in [6, 6.07) is 0. The highest BCUT2D eigenvalue weighted by atomic mass is 32.2. The normalized spacial score (nSPS) is 27.8. The van der Waals surface area contributed by atoms with Crippen LogP contribution < -0.4 is 0 Å². The molecule has 2 nitrogen and oxygen atoms in total. The van der Waals surface area contributed by atoms with E-state index in [1.54, 1.807) is 12.2 Å². The van der Waals surface area contributed by atoms with Gasteiger partial charge in [0.1, 0.15) is 0 Å². The summed E-state index contributed by atoms with van der Waals surface area (Å²) in [7, 11) is 0. The number of hydrogen-bond acceptors (Lipinski definition) is 1. The summed E-state index contributed by atoms with van der Waals surface area (Å²) in [5.41, 5.74) is 0. The summed E-state index contributed by atoms with van der Waals surface area (Å²) in [5.74, 6) is 0.507. The van der Waals surface area contributed by atoms with Gasteiger partial charge in [0.2, 0.25) is 0 Å². The number of rotatable bonds is 1. The highest BCUT2D eigenvalue weighted by molar-refractivity contribution is 7.83. The Morgan fingerprint density at radius 1 is 1.80 bits per heavy atom. The largest absolute Gasteiger partial charge is 0.302 e. The van der Waals surface area contributed by atoms with Crippen molar-refractivity contribution >= 4 is 11.1 Å². The molecule has 1 aliphatic carbocycles. The molecule has 0 aromatic carbocycles. The van der Waals surface area contributed by atoms with Crippen LogP contribution in [0.3, 0.4) is 0 Å². The maximum absolute atomic E-state index is 10.5. The van der Waals surface area contributed by atoms with E-state index in [2.05, 4.69) is 6.92 Å². The third-order valence-electron chi connectivity index (χ3n) is 1.48. The lowest BCUT2D eigenvalue weighted by molar-refractivity contribution is 0.571. The molecule has 3 heteroatoms. The molecule has 56 valence electrons. The fourth-order valence-corrected chi connectivity index (χ4v) is 1.27. The van der Waals surface area contributed by atoms with Crippen LogP contribution in [-0.2, 0) is 11.1 Å². The van der Waals surface area contributed by atoms with Gasteiger partial charge in [-0.1, -0.05) is 19.1 Å². The van der Waals surface area contributed by atoms with E-state index in [4.69, 9.17) is 4.55 Å². The maximum atomic E-state index is 10.5. The number of allylic oxidation sites excluding steroid dienone is 3. The van der Waals surface area contributed by atoms with Crippen molar-refractivity contribution in [2.24, 2.45) is 5.92 Å². The lowest BCUT2D eigenvalue weighted by atomic mass is 10.0. The number of hydrogen-bond donors (Lipinski definition) is 1. The Kier molecular flexibility index (Phi) is 2.40. The third-order valence-corrected chi connectivity index (χ3v) is 2.19. The molecule has 0 aromatic rings. The van der Waals surface area contributed by atoms with Gasteiger partial charge in [-0.05, 0) is 18.4 Å². The zero-order valence-corrected chi connectivity index (χ0v) is 6.60. The predicted molar refractivity (Wildman–Crippen MR) is 41.8 cm³/mol. The van der Waals surface area contributed by atoms with Crippen LogP contribution in [-0.4, -0.2) is 8.76 Å². The van der Waals surface area contributed by atoms with E-state index in [9.17, 15) is 4.21 Å². The molecular formula is C7H10O2S. The summed E-state index contributed by atoms with van der Waals surface area (Å²) < 4.78 is 19.1. The highest BCUT2D eigenvalue weighted by Gasteiger charge is 2.06. The molecule has 1 aliphatic rings. The quantitative estimate of drug-likeness (QED) is 0.589. The highest BCUT2D eigenvalue weighted by Crippen LogP contribution is 2.16. The molecule has 2 atom stereocenters. The van der Waals surface area contributed by atoms with E-state index in [0.717, 1.165) is 6.42 Å². The summed E-state index contributed by atoms with van der Waals surface area (Å²) >= 11 is -1.79. The molecular weight excluding hydrogens is 148 g/mol. The van der Waals surface area contributed by atoms with E-state index in [1.165, 1.54) is 0 Å². The molecule has 0 bridgehead atoms. The Morgan fingerprint density at radius 3 is 2.90 bits per heavy atom. The minimum atomic E-state index is -1.79. The van der Waals surface area contributed by atoms with E-state index in [0.29, 0.717) is 10.8 Å². The standard InChI is InChI=1S/C7H10O2S/c1-6-2-4-7(5-3-6)10(8)9/h2,4-6H,3H2,1H3,(H,8,9). The molecule has 0 saturated heterocycles. The zero-order valence-electron chi connectivity index (χ0n) is 5.78. The molecule has 0 aromatic heterocycles. The Morgan fingerprint density at radius 2 is 2.50 bits per heavy atom. The summed E-state index contributed by atoms with van der Waals surface area (Å²) in [5, 5.41) is 0. The van der Waals surface area contributed by atoms with Crippen LogP contribution in [0, 0.1) is 5.92 Å². The Labute approximate surface area is 62.9 Å². The molecule has 0 aliphatic heterocycles. The van der Waals surface area contributed by atoms with Crippen LogP contribution in [0.25, 0.3) is 0 Å². The van der Waals surface area contributed by atoms with Crippen LogP contribution in [0.15, 0.2) is 23.1 Å². The van der Waals surface area contributed by atoms with Crippen LogP contribution in [0.1, 0.15) is 13.3 Å². The van der Waals surface area contributed by atoms with Gasteiger partial charge >= 0.3 is 0 Å². The van der Waals surface area contributed by atoms with Gasteiger partial charge in [-0.2, -0.15) is 0 Å². The fraction of sp³-hybridized carbons (Fsp3) is 0.429. The molecule has 0 fully saturated rings. The molecule has 0 amide bonds. The molecule has 0 radical (unpaired) electrons. The van der Waals surface area contributed by atoms with Crippen LogP contribution in [0.5, 0.6) is 0 Å². The van der Waals surface area contributed by atoms with Gasteiger partial charge in [0.05, 0.1) is 4.91 Å². The van der Waals surface area contributed by atoms with E-state index < -0.39 is 11.1 Å². The zero-order chi connectivity index (χ0) is 7.56. The van der Waals surface area contributed by atoms with Crippen molar-refractivity contribution in [1.29, 1.82) is 0 Å². The van der Waals surface area contributed by atoms with Crippen molar-refractivity contribution in [3.8, 4) is 0 Å². The van der Waals surface area contributed by atoms with Gasteiger partial charge in [-0.25, -0.2) is 4.21 Å². The molecule has 10 heavy (non-hydrogen) atoms. The average molecular weight is 158 g/mol. The summed E-state index contributed by atoms with van der Waals surface area (Å²) in [6.45, 7) is 2.07. The lowest BCUT2D eigenvalue weighted by Crippen LogP contribution is -1.98. The second-order valence-electron chi connectivity index (χ2n) is 2.43. The van der Waals surface area contributed by atoms with Crippen molar-refractivity contribution in [2.45, 2.75) is 13.3 Å². The molecule has 0 saturated carbocycles. The van der Waals surface area contributed by atoms with Crippen molar-refractivity contribution in [2.75, 3.05) is 0 Å².